The molecule has 0 nitrogen and oxygen atoms in total. The molecule has 0 radical (unpaired) electrons. The van der Waals surface area contributed by atoms with Crippen molar-refractivity contribution >= 4 is 11.8 Å². The van der Waals surface area contributed by atoms with E-state index in [1.807, 2.05) is 0 Å². The van der Waals surface area contributed by atoms with E-state index in [9.17, 15) is 0 Å². The van der Waals surface area contributed by atoms with Crippen molar-refractivity contribution in [1.29, 1.82) is 0 Å². The Bertz CT molecular complexity index is 81.1. The zero-order valence-corrected chi connectivity index (χ0v) is 9.75. The number of unbranched alkanes of at least 4 members (excludes halogenated alkanes) is 4. The van der Waals surface area contributed by atoms with Crippen LogP contribution in [-0.2, 0) is 0 Å². The lowest BCUT2D eigenvalue weighted by Crippen LogP contribution is -1.94. The van der Waals surface area contributed by atoms with E-state index in [1.165, 1.54) is 44.3 Å². The first-order valence-electron chi connectivity index (χ1n) is 5.42. The SMILES string of the molecule is CCCCCCCSC(C)CC. The van der Waals surface area contributed by atoms with Crippen LogP contribution in [0.3, 0.4) is 0 Å². The molecule has 1 unspecified atom stereocenters. The van der Waals surface area contributed by atoms with E-state index >= 15 is 0 Å². The van der Waals surface area contributed by atoms with Crippen LogP contribution in [0.1, 0.15) is 59.3 Å². The second-order valence-electron chi connectivity index (χ2n) is 3.50. The Morgan fingerprint density at radius 1 is 1.00 bits per heavy atom. The van der Waals surface area contributed by atoms with E-state index < -0.39 is 0 Å². The molecule has 0 aromatic heterocycles. The second kappa shape index (κ2) is 9.44. The molecule has 0 heterocycles. The second-order valence-corrected chi connectivity index (χ2v) is 5.05. The summed E-state index contributed by atoms with van der Waals surface area (Å²) in [4.78, 5) is 0. The average Bonchev–Trinajstić information content (AvgIpc) is 2.10. The molecule has 0 aromatic carbocycles. The Balaban J connectivity index is 2.90. The van der Waals surface area contributed by atoms with Gasteiger partial charge in [0.15, 0.2) is 0 Å². The molecule has 0 aliphatic heterocycles. The molecule has 0 saturated heterocycles. The van der Waals surface area contributed by atoms with E-state index in [4.69, 9.17) is 0 Å². The molecule has 0 aromatic rings. The minimum atomic E-state index is 0.871. The molecule has 1 heteroatoms. The highest BCUT2D eigenvalue weighted by Crippen LogP contribution is 2.16. The third-order valence-corrected chi connectivity index (χ3v) is 3.65. The molecule has 0 rings (SSSR count). The van der Waals surface area contributed by atoms with Gasteiger partial charge in [0.25, 0.3) is 0 Å². The van der Waals surface area contributed by atoms with Crippen LogP contribution in [0.2, 0.25) is 0 Å². The maximum Gasteiger partial charge on any atom is 0.00160 e. The third-order valence-electron chi connectivity index (χ3n) is 2.23. The van der Waals surface area contributed by atoms with Gasteiger partial charge in [-0.25, -0.2) is 0 Å². The molecule has 74 valence electrons. The first-order chi connectivity index (χ1) is 5.81. The minimum Gasteiger partial charge on any atom is -0.159 e. The fourth-order valence-corrected chi connectivity index (χ4v) is 2.12. The van der Waals surface area contributed by atoms with Gasteiger partial charge < -0.3 is 0 Å². The van der Waals surface area contributed by atoms with Crippen LogP contribution in [0.15, 0.2) is 0 Å². The molecule has 0 bridgehead atoms. The smallest absolute Gasteiger partial charge is 0.00160 e. The van der Waals surface area contributed by atoms with Crippen molar-refractivity contribution in [2.45, 2.75) is 64.5 Å². The summed E-state index contributed by atoms with van der Waals surface area (Å²) in [5.41, 5.74) is 0. The topological polar surface area (TPSA) is 0 Å². The molecule has 0 aliphatic rings. The number of thioether (sulfide) groups is 1. The molecular formula is C11H24S. The molecule has 0 aliphatic carbocycles. The summed E-state index contributed by atoms with van der Waals surface area (Å²) in [7, 11) is 0. The molecule has 0 amide bonds. The Kier molecular flexibility index (Phi) is 9.71. The van der Waals surface area contributed by atoms with Gasteiger partial charge in [0.1, 0.15) is 0 Å². The number of hydrogen-bond acceptors (Lipinski definition) is 1. The summed E-state index contributed by atoms with van der Waals surface area (Å²) in [6.45, 7) is 6.87. The number of rotatable bonds is 8. The van der Waals surface area contributed by atoms with Gasteiger partial charge in [0.05, 0.1) is 0 Å². The average molecular weight is 188 g/mol. The van der Waals surface area contributed by atoms with Gasteiger partial charge in [0.2, 0.25) is 0 Å². The summed E-state index contributed by atoms with van der Waals surface area (Å²) in [5.74, 6) is 1.37. The highest BCUT2D eigenvalue weighted by Gasteiger charge is 1.97. The normalized spacial score (nSPS) is 13.2. The van der Waals surface area contributed by atoms with Crippen LogP contribution in [0.5, 0.6) is 0 Å². The van der Waals surface area contributed by atoms with Crippen molar-refractivity contribution in [3.63, 3.8) is 0 Å². The van der Waals surface area contributed by atoms with Crippen molar-refractivity contribution in [2.24, 2.45) is 0 Å². The van der Waals surface area contributed by atoms with Crippen molar-refractivity contribution in [3.8, 4) is 0 Å². The van der Waals surface area contributed by atoms with Crippen molar-refractivity contribution in [1.82, 2.24) is 0 Å². The van der Waals surface area contributed by atoms with Gasteiger partial charge in [-0.05, 0) is 18.6 Å². The van der Waals surface area contributed by atoms with Crippen molar-refractivity contribution in [2.75, 3.05) is 5.75 Å². The van der Waals surface area contributed by atoms with Gasteiger partial charge >= 0.3 is 0 Å². The van der Waals surface area contributed by atoms with Crippen LogP contribution >= 0.6 is 11.8 Å². The van der Waals surface area contributed by atoms with Crippen molar-refractivity contribution < 1.29 is 0 Å². The molecular weight excluding hydrogens is 164 g/mol. The lowest BCUT2D eigenvalue weighted by molar-refractivity contribution is 0.659. The van der Waals surface area contributed by atoms with E-state index in [-0.39, 0.29) is 0 Å². The van der Waals surface area contributed by atoms with E-state index in [0.29, 0.717) is 0 Å². The standard InChI is InChI=1S/C11H24S/c1-4-6-7-8-9-10-12-11(3)5-2/h11H,4-10H2,1-3H3. The van der Waals surface area contributed by atoms with Crippen LogP contribution in [0.25, 0.3) is 0 Å². The van der Waals surface area contributed by atoms with Gasteiger partial charge in [-0.1, -0.05) is 46.5 Å². The molecule has 0 spiro atoms. The fourth-order valence-electron chi connectivity index (χ4n) is 1.11. The number of hydrogen-bond donors (Lipinski definition) is 0. The molecule has 0 N–H and O–H groups in total. The first-order valence-corrected chi connectivity index (χ1v) is 6.47. The van der Waals surface area contributed by atoms with Gasteiger partial charge in [0, 0.05) is 5.25 Å². The van der Waals surface area contributed by atoms with Crippen molar-refractivity contribution in [3.05, 3.63) is 0 Å². The summed E-state index contributed by atoms with van der Waals surface area (Å²) in [6.07, 6.45) is 8.41. The summed E-state index contributed by atoms with van der Waals surface area (Å²) in [5, 5.41) is 0.871. The van der Waals surface area contributed by atoms with E-state index in [0.717, 1.165) is 5.25 Å². The van der Waals surface area contributed by atoms with Gasteiger partial charge in [-0.15, -0.1) is 0 Å². The minimum absolute atomic E-state index is 0.871. The lowest BCUT2D eigenvalue weighted by Gasteiger charge is -2.06. The fraction of sp³-hybridized carbons (Fsp3) is 1.00. The molecule has 12 heavy (non-hydrogen) atoms. The van der Waals surface area contributed by atoms with E-state index in [2.05, 4.69) is 32.5 Å². The summed E-state index contributed by atoms with van der Waals surface area (Å²) < 4.78 is 0. The zero-order chi connectivity index (χ0) is 9.23. The lowest BCUT2D eigenvalue weighted by atomic mass is 10.2. The highest BCUT2D eigenvalue weighted by atomic mass is 32.2. The Morgan fingerprint density at radius 3 is 2.25 bits per heavy atom. The summed E-state index contributed by atoms with van der Waals surface area (Å²) in [6, 6.07) is 0. The predicted octanol–water partition coefficient (Wildman–Crippen LogP) is 4.49. The highest BCUT2D eigenvalue weighted by molar-refractivity contribution is 7.99. The van der Waals surface area contributed by atoms with Crippen LogP contribution in [0, 0.1) is 0 Å². The quantitative estimate of drug-likeness (QED) is 0.506. The summed E-state index contributed by atoms with van der Waals surface area (Å²) >= 11 is 2.13. The van der Waals surface area contributed by atoms with Crippen LogP contribution in [-0.4, -0.2) is 11.0 Å². The first kappa shape index (κ1) is 12.3. The zero-order valence-electron chi connectivity index (χ0n) is 8.94. The maximum atomic E-state index is 2.33. The predicted molar refractivity (Wildman–Crippen MR) is 61.0 cm³/mol. The Labute approximate surface area is 82.5 Å². The molecule has 0 fully saturated rings. The van der Waals surface area contributed by atoms with Gasteiger partial charge in [-0.2, -0.15) is 11.8 Å². The Hall–Kier alpha value is 0.350. The third kappa shape index (κ3) is 8.45. The Morgan fingerprint density at radius 2 is 1.67 bits per heavy atom. The van der Waals surface area contributed by atoms with Crippen LogP contribution in [0.4, 0.5) is 0 Å². The van der Waals surface area contributed by atoms with Crippen LogP contribution < -0.4 is 0 Å². The van der Waals surface area contributed by atoms with E-state index in [1.54, 1.807) is 0 Å². The van der Waals surface area contributed by atoms with Gasteiger partial charge in [-0.3, -0.25) is 0 Å². The monoisotopic (exact) mass is 188 g/mol. The molecule has 1 atom stereocenters. The maximum absolute atomic E-state index is 2.33. The largest absolute Gasteiger partial charge is 0.159 e. The molecule has 0 saturated carbocycles.